The van der Waals surface area contributed by atoms with E-state index in [1.54, 1.807) is 16.3 Å². The van der Waals surface area contributed by atoms with Gasteiger partial charge in [-0.2, -0.15) is 10.1 Å². The molecule has 0 aliphatic rings. The molecule has 0 saturated heterocycles. The lowest BCUT2D eigenvalue weighted by atomic mass is 10.2. The van der Waals surface area contributed by atoms with Gasteiger partial charge in [0.05, 0.1) is 6.20 Å². The fourth-order valence-electron chi connectivity index (χ4n) is 2.47. The highest BCUT2D eigenvalue weighted by Gasteiger charge is 2.12. The molecule has 1 aromatic carbocycles. The molecule has 0 N–H and O–H groups in total. The number of aryl methyl sites for hydroxylation is 1. The van der Waals surface area contributed by atoms with Gasteiger partial charge in [0.25, 0.3) is 5.91 Å². The first kappa shape index (κ1) is 16.6. The number of thiazole rings is 2. The number of hydrogen-bond acceptors (Lipinski definition) is 5. The minimum atomic E-state index is -0.333. The summed E-state index contributed by atoms with van der Waals surface area (Å²) in [5.74, 6) is -0.333. The molecular formula is C18H15N5OS2. The largest absolute Gasteiger partial charge is 0.319 e. The molecule has 0 spiro atoms. The molecule has 3 heterocycles. The summed E-state index contributed by atoms with van der Waals surface area (Å²) in [4.78, 5) is 21.8. The van der Waals surface area contributed by atoms with Crippen molar-refractivity contribution in [2.24, 2.45) is 12.0 Å². The van der Waals surface area contributed by atoms with E-state index in [1.165, 1.54) is 22.7 Å². The summed E-state index contributed by atoms with van der Waals surface area (Å²) in [6.45, 7) is 0.675. The number of rotatable bonds is 4. The molecule has 0 radical (unpaired) electrons. The molecule has 130 valence electrons. The zero-order valence-electron chi connectivity index (χ0n) is 13.9. The van der Waals surface area contributed by atoms with Crippen molar-refractivity contribution in [2.45, 2.75) is 6.54 Å². The molecule has 0 aliphatic heterocycles. The first-order valence-corrected chi connectivity index (χ1v) is 9.66. The van der Waals surface area contributed by atoms with E-state index in [9.17, 15) is 4.79 Å². The number of carbonyl (C=O) groups is 1. The van der Waals surface area contributed by atoms with Crippen LogP contribution in [0.5, 0.6) is 0 Å². The third-order valence-corrected chi connectivity index (χ3v) is 5.41. The Morgan fingerprint density at radius 1 is 1.23 bits per heavy atom. The van der Waals surface area contributed by atoms with Gasteiger partial charge in [-0.05, 0) is 5.56 Å². The van der Waals surface area contributed by atoms with Crippen LogP contribution in [0.1, 0.15) is 16.1 Å². The molecule has 0 unspecified atom stereocenters. The summed E-state index contributed by atoms with van der Waals surface area (Å²) in [5.41, 5.74) is 2.41. The van der Waals surface area contributed by atoms with E-state index in [0.717, 1.165) is 16.1 Å². The average Bonchev–Trinajstić information content (AvgIpc) is 3.37. The van der Waals surface area contributed by atoms with Crippen LogP contribution in [0.4, 0.5) is 0 Å². The monoisotopic (exact) mass is 381 g/mol. The lowest BCUT2D eigenvalue weighted by molar-refractivity contribution is 0.0994. The van der Waals surface area contributed by atoms with Crippen LogP contribution >= 0.6 is 22.7 Å². The molecule has 0 bridgehead atoms. The number of hydrogen-bond donors (Lipinski definition) is 0. The third-order valence-electron chi connectivity index (χ3n) is 3.73. The summed E-state index contributed by atoms with van der Waals surface area (Å²) in [6, 6.07) is 10.1. The van der Waals surface area contributed by atoms with Crippen molar-refractivity contribution < 1.29 is 4.79 Å². The van der Waals surface area contributed by atoms with Crippen LogP contribution in [0.15, 0.2) is 64.7 Å². The Morgan fingerprint density at radius 3 is 2.85 bits per heavy atom. The fraction of sp³-hybridized carbons (Fsp3) is 0.111. The number of benzene rings is 1. The van der Waals surface area contributed by atoms with Crippen LogP contribution in [0.3, 0.4) is 0 Å². The van der Waals surface area contributed by atoms with Crippen LogP contribution in [0.2, 0.25) is 0 Å². The summed E-state index contributed by atoms with van der Waals surface area (Å²) >= 11 is 2.85. The van der Waals surface area contributed by atoms with Gasteiger partial charge in [-0.25, -0.2) is 4.98 Å². The van der Waals surface area contributed by atoms with Gasteiger partial charge in [-0.15, -0.1) is 22.7 Å². The van der Waals surface area contributed by atoms with Crippen LogP contribution in [-0.4, -0.2) is 25.2 Å². The standard InChI is InChI=1S/C18H15N5OS2/c1-22-11-14(9-19-22)17-20-15(12-26-17)16(24)21-18-23(7-8-25-18)10-13-5-3-2-4-6-13/h2-9,11-12H,10H2,1H3. The molecule has 3 aromatic heterocycles. The van der Waals surface area contributed by atoms with E-state index in [1.807, 2.05) is 47.6 Å². The zero-order valence-corrected chi connectivity index (χ0v) is 15.6. The van der Waals surface area contributed by atoms with E-state index in [4.69, 9.17) is 0 Å². The second-order valence-electron chi connectivity index (χ2n) is 5.66. The van der Waals surface area contributed by atoms with E-state index >= 15 is 0 Å². The van der Waals surface area contributed by atoms with Crippen LogP contribution in [0.25, 0.3) is 10.6 Å². The number of aromatic nitrogens is 4. The van der Waals surface area contributed by atoms with E-state index in [2.05, 4.69) is 27.2 Å². The second-order valence-corrected chi connectivity index (χ2v) is 7.39. The minimum absolute atomic E-state index is 0.333. The maximum Gasteiger partial charge on any atom is 0.299 e. The highest BCUT2D eigenvalue weighted by atomic mass is 32.1. The van der Waals surface area contributed by atoms with Crippen molar-refractivity contribution in [1.82, 2.24) is 19.3 Å². The smallest absolute Gasteiger partial charge is 0.299 e. The SMILES string of the molecule is Cn1cc(-c2nc(C(=O)N=c3sccn3Cc3ccccc3)cs2)cn1. The van der Waals surface area contributed by atoms with Gasteiger partial charge in [0.2, 0.25) is 0 Å². The lowest BCUT2D eigenvalue weighted by Crippen LogP contribution is -2.17. The van der Waals surface area contributed by atoms with Gasteiger partial charge in [0.15, 0.2) is 4.80 Å². The molecule has 26 heavy (non-hydrogen) atoms. The molecule has 0 aliphatic carbocycles. The Hall–Kier alpha value is -2.84. The third kappa shape index (κ3) is 3.56. The van der Waals surface area contributed by atoms with E-state index in [-0.39, 0.29) is 5.91 Å². The van der Waals surface area contributed by atoms with Crippen molar-refractivity contribution in [1.29, 1.82) is 0 Å². The van der Waals surface area contributed by atoms with E-state index in [0.29, 0.717) is 17.0 Å². The summed E-state index contributed by atoms with van der Waals surface area (Å²) in [5, 5.41) is 8.56. The zero-order chi connectivity index (χ0) is 17.9. The predicted octanol–water partition coefficient (Wildman–Crippen LogP) is 3.20. The Bertz CT molecular complexity index is 1100. The van der Waals surface area contributed by atoms with Crippen LogP contribution in [-0.2, 0) is 13.6 Å². The Morgan fingerprint density at radius 2 is 2.08 bits per heavy atom. The fourth-order valence-corrected chi connectivity index (χ4v) is 3.96. The van der Waals surface area contributed by atoms with Gasteiger partial charge in [0, 0.05) is 42.3 Å². The summed E-state index contributed by atoms with van der Waals surface area (Å²) in [6.07, 6.45) is 5.54. The van der Waals surface area contributed by atoms with E-state index < -0.39 is 0 Å². The normalized spacial score (nSPS) is 11.8. The number of carbonyl (C=O) groups excluding carboxylic acids is 1. The average molecular weight is 381 g/mol. The quantitative estimate of drug-likeness (QED) is 0.545. The Kier molecular flexibility index (Phi) is 4.59. The molecule has 6 nitrogen and oxygen atoms in total. The van der Waals surface area contributed by atoms with Crippen molar-refractivity contribution in [3.05, 3.63) is 75.7 Å². The van der Waals surface area contributed by atoms with Gasteiger partial charge >= 0.3 is 0 Å². The molecule has 0 saturated carbocycles. The van der Waals surface area contributed by atoms with Gasteiger partial charge in [0.1, 0.15) is 10.7 Å². The van der Waals surface area contributed by atoms with Gasteiger partial charge in [-0.3, -0.25) is 9.48 Å². The van der Waals surface area contributed by atoms with Crippen molar-refractivity contribution in [2.75, 3.05) is 0 Å². The Balaban J connectivity index is 1.58. The van der Waals surface area contributed by atoms with Gasteiger partial charge in [-0.1, -0.05) is 30.3 Å². The van der Waals surface area contributed by atoms with Crippen LogP contribution in [0, 0.1) is 0 Å². The topological polar surface area (TPSA) is 65.1 Å². The maximum atomic E-state index is 12.5. The summed E-state index contributed by atoms with van der Waals surface area (Å²) in [7, 11) is 1.85. The predicted molar refractivity (Wildman–Crippen MR) is 102 cm³/mol. The number of amides is 1. The maximum absolute atomic E-state index is 12.5. The molecule has 1 amide bonds. The van der Waals surface area contributed by atoms with Gasteiger partial charge < -0.3 is 4.57 Å². The Labute approximate surface area is 157 Å². The second kappa shape index (κ2) is 7.19. The number of nitrogens with zero attached hydrogens (tertiary/aromatic N) is 5. The molecular weight excluding hydrogens is 366 g/mol. The molecule has 4 rings (SSSR count). The van der Waals surface area contributed by atoms with Crippen molar-refractivity contribution in [3.63, 3.8) is 0 Å². The lowest BCUT2D eigenvalue weighted by Gasteiger charge is -2.02. The first-order chi connectivity index (χ1) is 12.7. The molecule has 4 aromatic rings. The first-order valence-electron chi connectivity index (χ1n) is 7.90. The molecule has 0 atom stereocenters. The summed E-state index contributed by atoms with van der Waals surface area (Å²) < 4.78 is 3.67. The highest BCUT2D eigenvalue weighted by Crippen LogP contribution is 2.23. The highest BCUT2D eigenvalue weighted by molar-refractivity contribution is 7.13. The molecule has 8 heteroatoms. The van der Waals surface area contributed by atoms with Crippen molar-refractivity contribution >= 4 is 28.6 Å². The van der Waals surface area contributed by atoms with Crippen LogP contribution < -0.4 is 4.80 Å². The van der Waals surface area contributed by atoms with Crippen molar-refractivity contribution in [3.8, 4) is 10.6 Å². The molecule has 0 fully saturated rings. The minimum Gasteiger partial charge on any atom is -0.319 e.